The molecule has 3 nitrogen and oxygen atoms in total. The van der Waals surface area contributed by atoms with Crippen molar-refractivity contribution in [1.82, 2.24) is 15.1 Å². The van der Waals surface area contributed by atoms with E-state index in [0.29, 0.717) is 12.1 Å². The molecular weight excluding hydrogens is 318 g/mol. The van der Waals surface area contributed by atoms with Gasteiger partial charge in [0.05, 0.1) is 6.04 Å². The molecule has 137 valence electrons. The molecule has 2 aromatic rings. The molecule has 1 unspecified atom stereocenters. The summed E-state index contributed by atoms with van der Waals surface area (Å²) in [6.07, 6.45) is 1.15. The number of nitrogens with zero attached hydrogens (tertiary/aromatic N) is 3. The molecule has 4 rings (SSSR count). The fourth-order valence-corrected chi connectivity index (χ4v) is 4.21. The maximum absolute atomic E-state index is 4.90. The minimum atomic E-state index is 0.346. The highest BCUT2D eigenvalue weighted by molar-refractivity contribution is 5.36. The fourth-order valence-electron chi connectivity index (χ4n) is 4.21. The average Bonchev–Trinajstić information content (AvgIpc) is 2.68. The van der Waals surface area contributed by atoms with E-state index >= 15 is 0 Å². The molecular formula is C23H30N3. The van der Waals surface area contributed by atoms with Crippen LogP contribution in [0.5, 0.6) is 0 Å². The molecule has 2 heterocycles. The normalized spacial score (nSPS) is 21.7. The van der Waals surface area contributed by atoms with Crippen LogP contribution in [0.1, 0.15) is 42.1 Å². The van der Waals surface area contributed by atoms with Gasteiger partial charge in [0.25, 0.3) is 0 Å². The van der Waals surface area contributed by atoms with Gasteiger partial charge in [-0.3, -0.25) is 9.80 Å². The number of hydrogen-bond acceptors (Lipinski definition) is 2. The molecule has 3 heteroatoms. The Morgan fingerprint density at radius 3 is 2.69 bits per heavy atom. The van der Waals surface area contributed by atoms with Crippen molar-refractivity contribution >= 4 is 0 Å². The van der Waals surface area contributed by atoms with Crippen LogP contribution in [-0.4, -0.2) is 42.0 Å². The van der Waals surface area contributed by atoms with Crippen molar-refractivity contribution in [3.63, 3.8) is 0 Å². The van der Waals surface area contributed by atoms with Crippen LogP contribution >= 0.6 is 0 Å². The summed E-state index contributed by atoms with van der Waals surface area (Å²) in [5.41, 5.74) is 5.84. The van der Waals surface area contributed by atoms with Crippen LogP contribution < -0.4 is 5.32 Å². The third-order valence-corrected chi connectivity index (χ3v) is 5.83. The highest BCUT2D eigenvalue weighted by atomic mass is 15.2. The molecule has 2 aromatic carbocycles. The van der Waals surface area contributed by atoms with Gasteiger partial charge in [-0.15, -0.1) is 0 Å². The molecule has 1 atom stereocenters. The highest BCUT2D eigenvalue weighted by Crippen LogP contribution is 2.26. The molecule has 0 aromatic heterocycles. The molecule has 2 aliphatic rings. The first-order valence-electron chi connectivity index (χ1n) is 9.97. The van der Waals surface area contributed by atoms with Crippen molar-refractivity contribution in [3.8, 4) is 0 Å². The van der Waals surface area contributed by atoms with Crippen LogP contribution in [0.2, 0.25) is 0 Å². The fraction of sp³-hybridized carbons (Fsp3) is 0.478. The quantitative estimate of drug-likeness (QED) is 0.841. The summed E-state index contributed by atoms with van der Waals surface area (Å²) >= 11 is 0. The van der Waals surface area contributed by atoms with Gasteiger partial charge in [-0.1, -0.05) is 48.5 Å². The van der Waals surface area contributed by atoms with Gasteiger partial charge in [-0.2, -0.15) is 0 Å². The molecule has 26 heavy (non-hydrogen) atoms. The molecule has 2 aliphatic heterocycles. The van der Waals surface area contributed by atoms with E-state index < -0.39 is 0 Å². The Labute approximate surface area is 158 Å². The summed E-state index contributed by atoms with van der Waals surface area (Å²) in [5.74, 6) is 0. The van der Waals surface area contributed by atoms with E-state index in [4.69, 9.17) is 5.32 Å². The smallest absolute Gasteiger partial charge is 0.0623 e. The van der Waals surface area contributed by atoms with Crippen LogP contribution in [0.3, 0.4) is 0 Å². The van der Waals surface area contributed by atoms with Gasteiger partial charge in [0.1, 0.15) is 0 Å². The third kappa shape index (κ3) is 4.01. The Bertz CT molecular complexity index is 725. The zero-order valence-electron chi connectivity index (χ0n) is 16.1. The number of hydrogen-bond donors (Lipinski definition) is 0. The van der Waals surface area contributed by atoms with Gasteiger partial charge in [0.15, 0.2) is 0 Å². The van der Waals surface area contributed by atoms with Crippen molar-refractivity contribution in [2.45, 2.75) is 45.4 Å². The minimum absolute atomic E-state index is 0.346. The first kappa shape index (κ1) is 17.7. The lowest BCUT2D eigenvalue weighted by atomic mass is 9.93. The largest absolute Gasteiger partial charge is 0.298 e. The SMILES string of the molecule is CC(C)N1CC[N]C(c2ccc3c(c2)CCN(Cc2ccccc2)C3)C1. The van der Waals surface area contributed by atoms with Crippen LogP contribution in [0.4, 0.5) is 0 Å². The Kier molecular flexibility index (Phi) is 5.39. The average molecular weight is 349 g/mol. The van der Waals surface area contributed by atoms with Crippen LogP contribution in [0.25, 0.3) is 0 Å². The Morgan fingerprint density at radius 1 is 1.04 bits per heavy atom. The van der Waals surface area contributed by atoms with Gasteiger partial charge in [0.2, 0.25) is 0 Å². The van der Waals surface area contributed by atoms with E-state index in [0.717, 1.165) is 45.7 Å². The summed E-state index contributed by atoms with van der Waals surface area (Å²) in [4.78, 5) is 5.11. The maximum Gasteiger partial charge on any atom is 0.0623 e. The predicted octanol–water partition coefficient (Wildman–Crippen LogP) is 3.61. The summed E-state index contributed by atoms with van der Waals surface area (Å²) in [7, 11) is 0. The number of fused-ring (bicyclic) bond motifs is 1. The topological polar surface area (TPSA) is 20.6 Å². The molecule has 0 N–H and O–H groups in total. The predicted molar refractivity (Wildman–Crippen MR) is 107 cm³/mol. The van der Waals surface area contributed by atoms with E-state index in [-0.39, 0.29) is 0 Å². The molecule has 1 saturated heterocycles. The molecule has 1 radical (unpaired) electrons. The summed E-state index contributed by atoms with van der Waals surface area (Å²) < 4.78 is 0. The van der Waals surface area contributed by atoms with Crippen LogP contribution in [0.15, 0.2) is 48.5 Å². The first-order chi connectivity index (χ1) is 12.7. The molecule has 1 fully saturated rings. The minimum Gasteiger partial charge on any atom is -0.298 e. The van der Waals surface area contributed by atoms with Crippen molar-refractivity contribution in [1.29, 1.82) is 0 Å². The van der Waals surface area contributed by atoms with Gasteiger partial charge >= 0.3 is 0 Å². The number of piperazine rings is 1. The number of benzene rings is 2. The molecule has 0 aliphatic carbocycles. The zero-order chi connectivity index (χ0) is 17.9. The van der Waals surface area contributed by atoms with Crippen molar-refractivity contribution in [3.05, 3.63) is 70.8 Å². The zero-order valence-corrected chi connectivity index (χ0v) is 16.1. The lowest BCUT2D eigenvalue weighted by Gasteiger charge is -2.36. The van der Waals surface area contributed by atoms with Gasteiger partial charge in [-0.25, -0.2) is 5.32 Å². The highest BCUT2D eigenvalue weighted by Gasteiger charge is 2.25. The van der Waals surface area contributed by atoms with E-state index in [1.165, 1.54) is 22.3 Å². The summed E-state index contributed by atoms with van der Waals surface area (Å²) in [6.45, 7) is 11.0. The Balaban J connectivity index is 1.44. The second-order valence-electron chi connectivity index (χ2n) is 7.99. The lowest BCUT2D eigenvalue weighted by Crippen LogP contribution is -2.45. The van der Waals surface area contributed by atoms with E-state index in [1.807, 2.05) is 0 Å². The van der Waals surface area contributed by atoms with E-state index in [1.54, 1.807) is 0 Å². The van der Waals surface area contributed by atoms with Crippen molar-refractivity contribution in [2.24, 2.45) is 0 Å². The summed E-state index contributed by atoms with van der Waals surface area (Å²) in [6, 6.07) is 18.9. The third-order valence-electron chi connectivity index (χ3n) is 5.83. The molecule has 0 spiro atoms. The molecule has 0 saturated carbocycles. The maximum atomic E-state index is 4.90. The lowest BCUT2D eigenvalue weighted by molar-refractivity contribution is 0.159. The van der Waals surface area contributed by atoms with Gasteiger partial charge < -0.3 is 0 Å². The Morgan fingerprint density at radius 2 is 1.88 bits per heavy atom. The van der Waals surface area contributed by atoms with Crippen molar-refractivity contribution < 1.29 is 0 Å². The van der Waals surface area contributed by atoms with Crippen LogP contribution in [-0.2, 0) is 19.5 Å². The standard InChI is InChI=1S/C23H30N3/c1-18(2)26-13-11-24-23(17-26)21-8-9-22-16-25(12-10-20(22)14-21)15-19-6-4-3-5-7-19/h3-9,14,18,23H,10-13,15-17H2,1-2H3. The van der Waals surface area contributed by atoms with Gasteiger partial charge in [-0.05, 0) is 42.5 Å². The van der Waals surface area contributed by atoms with Gasteiger partial charge in [0, 0.05) is 45.3 Å². The van der Waals surface area contributed by atoms with Crippen LogP contribution in [0, 0.1) is 0 Å². The second kappa shape index (κ2) is 7.91. The monoisotopic (exact) mass is 348 g/mol. The first-order valence-corrected chi connectivity index (χ1v) is 9.97. The molecule has 0 amide bonds. The second-order valence-corrected chi connectivity index (χ2v) is 7.99. The van der Waals surface area contributed by atoms with E-state index in [2.05, 4.69) is 72.2 Å². The van der Waals surface area contributed by atoms with E-state index in [9.17, 15) is 0 Å². The van der Waals surface area contributed by atoms with Crippen molar-refractivity contribution in [2.75, 3.05) is 26.2 Å². The Hall–Kier alpha value is -1.68. The molecule has 0 bridgehead atoms. The number of rotatable bonds is 4. The summed E-state index contributed by atoms with van der Waals surface area (Å²) in [5, 5.41) is 4.90.